The van der Waals surface area contributed by atoms with E-state index in [0.29, 0.717) is 13.1 Å². The maximum absolute atomic E-state index is 11.4. The van der Waals surface area contributed by atoms with Gasteiger partial charge in [-0.1, -0.05) is 13.8 Å². The third kappa shape index (κ3) is 2.06. The van der Waals surface area contributed by atoms with Crippen LogP contribution in [-0.2, 0) is 9.59 Å². The minimum Gasteiger partial charge on any atom is -0.481 e. The second-order valence-corrected chi connectivity index (χ2v) is 3.55. The lowest BCUT2D eigenvalue weighted by molar-refractivity contribution is -0.150. The summed E-state index contributed by atoms with van der Waals surface area (Å²) >= 11 is 0. The molecular formula is C9H15NO3. The zero-order chi connectivity index (χ0) is 10.0. The molecule has 1 N–H and O–H groups in total. The first-order valence-corrected chi connectivity index (χ1v) is 4.55. The number of hydrogen-bond donors (Lipinski definition) is 1. The van der Waals surface area contributed by atoms with E-state index in [1.807, 2.05) is 11.8 Å². The summed E-state index contributed by atoms with van der Waals surface area (Å²) in [5, 5.41) is 8.79. The summed E-state index contributed by atoms with van der Waals surface area (Å²) in [4.78, 5) is 24.1. The minimum absolute atomic E-state index is 0.128. The van der Waals surface area contributed by atoms with Gasteiger partial charge in [-0.25, -0.2) is 0 Å². The van der Waals surface area contributed by atoms with Crippen molar-refractivity contribution < 1.29 is 14.7 Å². The predicted molar refractivity (Wildman–Crippen MR) is 47.4 cm³/mol. The molecule has 1 rings (SSSR count). The van der Waals surface area contributed by atoms with Crippen molar-refractivity contribution in [3.8, 4) is 0 Å². The fraction of sp³-hybridized carbons (Fsp3) is 0.778. The van der Waals surface area contributed by atoms with Crippen LogP contribution in [-0.4, -0.2) is 41.4 Å². The average molecular weight is 185 g/mol. The van der Waals surface area contributed by atoms with Gasteiger partial charge < -0.3 is 10.0 Å². The lowest BCUT2D eigenvalue weighted by Gasteiger charge is -2.32. The van der Waals surface area contributed by atoms with E-state index in [1.165, 1.54) is 0 Å². The fourth-order valence-corrected chi connectivity index (χ4v) is 1.70. The molecule has 1 saturated heterocycles. The second-order valence-electron chi connectivity index (χ2n) is 3.55. The lowest BCUT2D eigenvalue weighted by Crippen LogP contribution is -2.48. The van der Waals surface area contributed by atoms with Crippen LogP contribution >= 0.6 is 0 Å². The lowest BCUT2D eigenvalue weighted by atomic mass is 9.89. The van der Waals surface area contributed by atoms with Crippen LogP contribution in [0.2, 0.25) is 0 Å². The van der Waals surface area contributed by atoms with Crippen LogP contribution in [0.1, 0.15) is 13.8 Å². The number of Topliss-reactive ketones (excluding diaryl/α,β-unsaturated/α-hetero) is 1. The smallest absolute Gasteiger partial charge is 0.315 e. The van der Waals surface area contributed by atoms with Crippen LogP contribution < -0.4 is 0 Å². The first-order chi connectivity index (χ1) is 6.06. The van der Waals surface area contributed by atoms with E-state index in [4.69, 9.17) is 5.11 Å². The molecule has 4 nitrogen and oxygen atoms in total. The van der Waals surface area contributed by atoms with Crippen LogP contribution in [0.3, 0.4) is 0 Å². The van der Waals surface area contributed by atoms with Crippen molar-refractivity contribution in [1.29, 1.82) is 0 Å². The number of rotatable bonds is 2. The van der Waals surface area contributed by atoms with Gasteiger partial charge in [0.25, 0.3) is 0 Å². The molecule has 2 atom stereocenters. The summed E-state index contributed by atoms with van der Waals surface area (Å²) in [6.07, 6.45) is 0. The Morgan fingerprint density at radius 3 is 2.69 bits per heavy atom. The molecule has 1 fully saturated rings. The Kier molecular flexibility index (Phi) is 3.03. The number of carbonyl (C=O) groups is 2. The fourth-order valence-electron chi connectivity index (χ4n) is 1.70. The third-order valence-corrected chi connectivity index (χ3v) is 2.55. The Hall–Kier alpha value is -0.900. The molecule has 4 heteroatoms. The molecule has 0 aromatic carbocycles. The Balaban J connectivity index is 2.72. The zero-order valence-electron chi connectivity index (χ0n) is 7.99. The molecular weight excluding hydrogens is 170 g/mol. The number of ketones is 1. The normalized spacial score (nSPS) is 30.5. The summed E-state index contributed by atoms with van der Waals surface area (Å²) in [5.74, 6) is -2.08. The van der Waals surface area contributed by atoms with Gasteiger partial charge in [-0.15, -0.1) is 0 Å². The van der Waals surface area contributed by atoms with E-state index < -0.39 is 11.9 Å². The standard InChI is InChI=1S/C9H15NO3/c1-3-10-4-6(2)8(11)7(5-10)9(12)13/h6-7H,3-5H2,1-2H3,(H,12,13). The number of aliphatic carboxylic acids is 1. The van der Waals surface area contributed by atoms with E-state index in [0.717, 1.165) is 6.54 Å². The highest BCUT2D eigenvalue weighted by molar-refractivity contribution is 6.00. The zero-order valence-corrected chi connectivity index (χ0v) is 7.99. The van der Waals surface area contributed by atoms with E-state index in [9.17, 15) is 9.59 Å². The summed E-state index contributed by atoms with van der Waals surface area (Å²) in [6, 6.07) is 0. The summed E-state index contributed by atoms with van der Waals surface area (Å²) in [7, 11) is 0. The predicted octanol–water partition coefficient (Wildman–Crippen LogP) is 0.228. The van der Waals surface area contributed by atoms with Crippen molar-refractivity contribution in [2.24, 2.45) is 11.8 Å². The second kappa shape index (κ2) is 3.87. The summed E-state index contributed by atoms with van der Waals surface area (Å²) in [5.41, 5.74) is 0. The van der Waals surface area contributed by atoms with Crippen LogP contribution in [0.15, 0.2) is 0 Å². The Bertz CT molecular complexity index is 227. The van der Waals surface area contributed by atoms with Gasteiger partial charge in [-0.2, -0.15) is 0 Å². The first kappa shape index (κ1) is 10.2. The number of carboxylic acids is 1. The van der Waals surface area contributed by atoms with E-state index in [-0.39, 0.29) is 11.7 Å². The topological polar surface area (TPSA) is 57.6 Å². The average Bonchev–Trinajstić information content (AvgIpc) is 2.09. The molecule has 0 aliphatic carbocycles. The molecule has 0 aromatic rings. The molecule has 0 bridgehead atoms. The molecule has 0 amide bonds. The van der Waals surface area contributed by atoms with E-state index in [2.05, 4.69) is 0 Å². The van der Waals surface area contributed by atoms with Crippen LogP contribution in [0, 0.1) is 11.8 Å². The van der Waals surface area contributed by atoms with Crippen molar-refractivity contribution in [2.75, 3.05) is 19.6 Å². The maximum atomic E-state index is 11.4. The number of hydrogen-bond acceptors (Lipinski definition) is 3. The van der Waals surface area contributed by atoms with Gasteiger partial charge in [0.1, 0.15) is 5.92 Å². The molecule has 0 aromatic heterocycles. The molecule has 0 radical (unpaired) electrons. The Labute approximate surface area is 77.5 Å². The highest BCUT2D eigenvalue weighted by Crippen LogP contribution is 2.17. The Morgan fingerprint density at radius 2 is 2.23 bits per heavy atom. The molecule has 2 unspecified atom stereocenters. The number of piperidine rings is 1. The van der Waals surface area contributed by atoms with Gasteiger partial charge in [-0.05, 0) is 6.54 Å². The van der Waals surface area contributed by atoms with Crippen molar-refractivity contribution in [1.82, 2.24) is 4.90 Å². The number of carboxylic acid groups (broad SMARTS) is 1. The van der Waals surface area contributed by atoms with Gasteiger partial charge in [0.15, 0.2) is 5.78 Å². The van der Waals surface area contributed by atoms with E-state index >= 15 is 0 Å². The largest absolute Gasteiger partial charge is 0.481 e. The SMILES string of the molecule is CCN1CC(C)C(=O)C(C(=O)O)C1. The van der Waals surface area contributed by atoms with Gasteiger partial charge in [-0.3, -0.25) is 9.59 Å². The molecule has 0 saturated carbocycles. The molecule has 1 aliphatic heterocycles. The quantitative estimate of drug-likeness (QED) is 0.625. The van der Waals surface area contributed by atoms with Crippen molar-refractivity contribution in [3.05, 3.63) is 0 Å². The highest BCUT2D eigenvalue weighted by atomic mass is 16.4. The number of carbonyl (C=O) groups excluding carboxylic acids is 1. The van der Waals surface area contributed by atoms with E-state index in [1.54, 1.807) is 6.92 Å². The summed E-state index contributed by atoms with van der Waals surface area (Å²) < 4.78 is 0. The van der Waals surface area contributed by atoms with Crippen molar-refractivity contribution in [2.45, 2.75) is 13.8 Å². The number of nitrogens with zero attached hydrogens (tertiary/aromatic N) is 1. The first-order valence-electron chi connectivity index (χ1n) is 4.55. The van der Waals surface area contributed by atoms with Crippen LogP contribution in [0.5, 0.6) is 0 Å². The molecule has 74 valence electrons. The maximum Gasteiger partial charge on any atom is 0.315 e. The minimum atomic E-state index is -0.991. The summed E-state index contributed by atoms with van der Waals surface area (Å²) in [6.45, 7) is 5.64. The van der Waals surface area contributed by atoms with Crippen LogP contribution in [0.25, 0.3) is 0 Å². The molecule has 1 heterocycles. The molecule has 1 aliphatic rings. The van der Waals surface area contributed by atoms with Gasteiger partial charge in [0.2, 0.25) is 0 Å². The van der Waals surface area contributed by atoms with Crippen molar-refractivity contribution >= 4 is 11.8 Å². The monoisotopic (exact) mass is 185 g/mol. The third-order valence-electron chi connectivity index (χ3n) is 2.55. The molecule has 0 spiro atoms. The van der Waals surface area contributed by atoms with Crippen LogP contribution in [0.4, 0.5) is 0 Å². The molecule has 13 heavy (non-hydrogen) atoms. The van der Waals surface area contributed by atoms with Gasteiger partial charge >= 0.3 is 5.97 Å². The Morgan fingerprint density at radius 1 is 1.62 bits per heavy atom. The van der Waals surface area contributed by atoms with Crippen molar-refractivity contribution in [3.63, 3.8) is 0 Å². The van der Waals surface area contributed by atoms with Gasteiger partial charge in [0.05, 0.1) is 0 Å². The highest BCUT2D eigenvalue weighted by Gasteiger charge is 2.36. The number of likely N-dealkylation sites (tertiary alicyclic amines) is 1. The van der Waals surface area contributed by atoms with Gasteiger partial charge in [0, 0.05) is 19.0 Å².